The molecule has 6 aromatic rings. The fourth-order valence-electron chi connectivity index (χ4n) is 9.55. The number of methoxy groups -OCH3 is 2. The van der Waals surface area contributed by atoms with E-state index in [1.54, 1.807) is 0 Å². The summed E-state index contributed by atoms with van der Waals surface area (Å²) in [6.07, 6.45) is 5.59. The second kappa shape index (κ2) is 17.4. The Kier molecular flexibility index (Phi) is 11.5. The van der Waals surface area contributed by atoms with Crippen molar-refractivity contribution in [1.82, 2.24) is 40.4 Å². The van der Waals surface area contributed by atoms with E-state index in [9.17, 15) is 19.2 Å². The second-order valence-electron chi connectivity index (χ2n) is 17.0. The Hall–Kier alpha value is -6.96. The number of hydrogen-bond donors (Lipinski definition) is 4. The van der Waals surface area contributed by atoms with Crippen LogP contribution in [-0.4, -0.2) is 87.1 Å². The van der Waals surface area contributed by atoms with E-state index in [4.69, 9.17) is 19.4 Å². The van der Waals surface area contributed by atoms with Gasteiger partial charge < -0.3 is 39.9 Å². The number of likely N-dealkylation sites (tertiary alicyclic amines) is 2. The van der Waals surface area contributed by atoms with Gasteiger partial charge in [-0.15, -0.1) is 0 Å². The molecule has 14 nitrogen and oxygen atoms in total. The van der Waals surface area contributed by atoms with Gasteiger partial charge in [0.25, 0.3) is 5.91 Å². The smallest absolute Gasteiger partial charge is 0.407 e. The Morgan fingerprint density at radius 3 is 1.98 bits per heavy atom. The molecule has 3 aliphatic rings. The number of ether oxygens (including phenoxy) is 2. The molecule has 1 aliphatic carbocycles. The first-order valence-electron chi connectivity index (χ1n) is 21.8. The number of alkyl carbamates (subject to hydrolysis) is 2. The van der Waals surface area contributed by atoms with Crippen LogP contribution in [-0.2, 0) is 31.9 Å². The van der Waals surface area contributed by atoms with E-state index in [-0.39, 0.29) is 29.8 Å². The SMILES string of the molecule is COC(=O)NC(C(=O)N1CCC[C@H]1c1ncc(-c2ccc3c(c2)CCc2cc(-c4ccc5nc([C@@H]6CCCN6C(=O)[C@H](NC(=O)OC)c6ccccc6)[nH]c5c4)ccc2-3)[nH]1)C(C)C. The molecule has 324 valence electrons. The third-order valence-electron chi connectivity index (χ3n) is 12.8. The Labute approximate surface area is 365 Å². The maximum Gasteiger partial charge on any atom is 0.407 e. The van der Waals surface area contributed by atoms with Crippen LogP contribution in [0.1, 0.15) is 86.0 Å². The zero-order valence-corrected chi connectivity index (χ0v) is 35.9. The quantitative estimate of drug-likeness (QED) is 0.107. The second-order valence-corrected chi connectivity index (χ2v) is 17.0. The first kappa shape index (κ1) is 41.4. The lowest BCUT2D eigenvalue weighted by Crippen LogP contribution is -2.51. The van der Waals surface area contributed by atoms with Gasteiger partial charge in [0.2, 0.25) is 5.91 Å². The number of H-pyrrole nitrogens is 2. The highest BCUT2D eigenvalue weighted by molar-refractivity contribution is 5.89. The van der Waals surface area contributed by atoms with Gasteiger partial charge in [-0.05, 0) is 107 Å². The van der Waals surface area contributed by atoms with Crippen molar-refractivity contribution in [3.8, 4) is 33.5 Å². The van der Waals surface area contributed by atoms with Crippen LogP contribution in [0, 0.1) is 5.92 Å². The highest BCUT2D eigenvalue weighted by Gasteiger charge is 2.39. The van der Waals surface area contributed by atoms with Crippen LogP contribution in [0.5, 0.6) is 0 Å². The molecule has 0 spiro atoms. The van der Waals surface area contributed by atoms with Crippen LogP contribution < -0.4 is 10.6 Å². The summed E-state index contributed by atoms with van der Waals surface area (Å²) in [5.41, 5.74) is 11.6. The van der Waals surface area contributed by atoms with E-state index in [0.29, 0.717) is 18.7 Å². The number of aromatic nitrogens is 4. The lowest BCUT2D eigenvalue weighted by atomic mass is 9.83. The summed E-state index contributed by atoms with van der Waals surface area (Å²) in [4.78, 5) is 72.4. The van der Waals surface area contributed by atoms with Crippen LogP contribution in [0.15, 0.2) is 91.1 Å². The Morgan fingerprint density at radius 2 is 1.30 bits per heavy atom. The van der Waals surface area contributed by atoms with Crippen LogP contribution in [0.3, 0.4) is 0 Å². The summed E-state index contributed by atoms with van der Waals surface area (Å²) >= 11 is 0. The van der Waals surface area contributed by atoms with E-state index < -0.39 is 24.3 Å². The molecule has 4 heterocycles. The zero-order valence-electron chi connectivity index (χ0n) is 35.9. The number of benzene rings is 4. The van der Waals surface area contributed by atoms with Crippen molar-refractivity contribution in [2.24, 2.45) is 5.92 Å². The van der Waals surface area contributed by atoms with E-state index in [1.807, 2.05) is 66.2 Å². The van der Waals surface area contributed by atoms with E-state index in [0.717, 1.165) is 83.6 Å². The van der Waals surface area contributed by atoms with E-state index in [1.165, 1.54) is 36.5 Å². The number of carbonyl (C=O) groups is 4. The van der Waals surface area contributed by atoms with E-state index >= 15 is 0 Å². The topological polar surface area (TPSA) is 175 Å². The van der Waals surface area contributed by atoms with Gasteiger partial charge in [-0.3, -0.25) is 9.59 Å². The molecule has 14 heteroatoms. The molecular weight excluding hydrogens is 797 g/mol. The number of aromatic amines is 2. The fourth-order valence-corrected chi connectivity index (χ4v) is 9.55. The normalized spacial score (nSPS) is 17.9. The molecule has 1 unspecified atom stereocenters. The van der Waals surface area contributed by atoms with Gasteiger partial charge in [-0.25, -0.2) is 19.6 Å². The van der Waals surface area contributed by atoms with Gasteiger partial charge in [-0.1, -0.05) is 80.6 Å². The number of amides is 4. The van der Waals surface area contributed by atoms with Gasteiger partial charge in [0, 0.05) is 13.1 Å². The van der Waals surface area contributed by atoms with E-state index in [2.05, 4.69) is 69.1 Å². The van der Waals surface area contributed by atoms with Crippen molar-refractivity contribution in [3.63, 3.8) is 0 Å². The number of fused-ring (bicyclic) bond motifs is 4. The largest absolute Gasteiger partial charge is 0.453 e. The summed E-state index contributed by atoms with van der Waals surface area (Å²) < 4.78 is 9.65. The minimum atomic E-state index is -0.880. The van der Waals surface area contributed by atoms with Crippen LogP contribution >= 0.6 is 0 Å². The molecule has 0 radical (unpaired) electrons. The minimum Gasteiger partial charge on any atom is -0.453 e. The van der Waals surface area contributed by atoms with Gasteiger partial charge in [-0.2, -0.15) is 0 Å². The number of carbonyl (C=O) groups excluding carboxylic acids is 4. The Bertz CT molecular complexity index is 2690. The van der Waals surface area contributed by atoms with Gasteiger partial charge in [0.1, 0.15) is 23.7 Å². The third-order valence-corrected chi connectivity index (χ3v) is 12.8. The highest BCUT2D eigenvalue weighted by Crippen LogP contribution is 2.40. The average molecular weight is 849 g/mol. The average Bonchev–Trinajstić information content (AvgIpc) is 4.16. The lowest BCUT2D eigenvalue weighted by Gasteiger charge is -2.30. The molecule has 63 heavy (non-hydrogen) atoms. The standard InChI is InChI=1S/C49H52N8O6/c1-28(2)42(54-48(60)62-3)46(58)56-22-8-12-40(56)44-50-27-39(53-44)34-17-20-36-33(25-34)15-14-32-24-30(16-19-35(32)36)31-18-21-37-38(26-31)52-45(51-37)41-13-9-23-57(41)47(59)43(55-49(61)63-4)29-10-6-5-7-11-29/h5-7,10-11,16-21,24-28,40-43H,8-9,12-15,22-23H2,1-4H3,(H,50,53)(H,51,52)(H,54,60)(H,55,61)/t40-,41-,42?,43+/m0/s1. The fraction of sp³-hybridized carbons (Fsp3) is 0.347. The van der Waals surface area contributed by atoms with Crippen molar-refractivity contribution in [2.45, 2.75) is 76.5 Å². The number of nitrogens with one attached hydrogen (secondary N) is 4. The highest BCUT2D eigenvalue weighted by atomic mass is 16.5. The third kappa shape index (κ3) is 8.13. The summed E-state index contributed by atoms with van der Waals surface area (Å²) in [6, 6.07) is 26.7. The van der Waals surface area contributed by atoms with Gasteiger partial charge in [0.05, 0.1) is 49.2 Å². The number of rotatable bonds is 10. The van der Waals surface area contributed by atoms with Crippen molar-refractivity contribution in [2.75, 3.05) is 27.3 Å². The molecule has 2 saturated heterocycles. The maximum atomic E-state index is 14.0. The lowest BCUT2D eigenvalue weighted by molar-refractivity contribution is -0.135. The number of hydrogen-bond acceptors (Lipinski definition) is 8. The maximum absolute atomic E-state index is 14.0. The molecule has 2 aromatic heterocycles. The predicted octanol–water partition coefficient (Wildman–Crippen LogP) is 8.19. The van der Waals surface area contributed by atoms with Crippen LogP contribution in [0.4, 0.5) is 9.59 Å². The van der Waals surface area contributed by atoms with Crippen molar-refractivity contribution in [1.29, 1.82) is 0 Å². The van der Waals surface area contributed by atoms with Gasteiger partial charge >= 0.3 is 12.2 Å². The molecule has 0 bridgehead atoms. The molecule has 9 rings (SSSR count). The molecule has 4 N–H and O–H groups in total. The first-order valence-corrected chi connectivity index (χ1v) is 21.8. The number of aryl methyl sites for hydroxylation is 2. The minimum absolute atomic E-state index is 0.104. The molecule has 4 amide bonds. The van der Waals surface area contributed by atoms with Crippen molar-refractivity contribution < 1.29 is 28.7 Å². The molecule has 2 fully saturated rings. The molecule has 4 aromatic carbocycles. The molecular formula is C49H52N8O6. The molecule has 0 saturated carbocycles. The Morgan fingerprint density at radius 1 is 0.698 bits per heavy atom. The molecule has 4 atom stereocenters. The van der Waals surface area contributed by atoms with Crippen LogP contribution in [0.2, 0.25) is 0 Å². The number of imidazole rings is 2. The van der Waals surface area contributed by atoms with Gasteiger partial charge in [0.15, 0.2) is 0 Å². The summed E-state index contributed by atoms with van der Waals surface area (Å²) in [5.74, 6) is 1.04. The summed E-state index contributed by atoms with van der Waals surface area (Å²) in [5, 5.41) is 5.45. The molecule has 2 aliphatic heterocycles. The zero-order chi connectivity index (χ0) is 43.8. The van der Waals surface area contributed by atoms with Crippen molar-refractivity contribution >= 4 is 35.0 Å². The van der Waals surface area contributed by atoms with Crippen molar-refractivity contribution in [3.05, 3.63) is 119 Å². The van der Waals surface area contributed by atoms with Crippen LogP contribution in [0.25, 0.3) is 44.5 Å². The number of nitrogens with zero attached hydrogens (tertiary/aromatic N) is 4. The Balaban J connectivity index is 0.908. The predicted molar refractivity (Wildman–Crippen MR) is 238 cm³/mol. The summed E-state index contributed by atoms with van der Waals surface area (Å²) in [6.45, 7) is 4.98. The first-order chi connectivity index (χ1) is 30.6. The monoisotopic (exact) mass is 848 g/mol. The summed E-state index contributed by atoms with van der Waals surface area (Å²) in [7, 11) is 2.59.